The zero-order valence-electron chi connectivity index (χ0n) is 16.3. The first-order valence-corrected chi connectivity index (χ1v) is 9.84. The van der Waals surface area contributed by atoms with Crippen LogP contribution < -0.4 is 10.6 Å². The molecule has 26 heavy (non-hydrogen) atoms. The molecule has 1 aliphatic rings. The molecule has 0 unspecified atom stereocenters. The van der Waals surface area contributed by atoms with Crippen molar-refractivity contribution in [3.63, 3.8) is 0 Å². The van der Waals surface area contributed by atoms with Crippen molar-refractivity contribution < 1.29 is 24.2 Å². The third-order valence-corrected chi connectivity index (χ3v) is 4.90. The predicted octanol–water partition coefficient (Wildman–Crippen LogP) is 2.24. The van der Waals surface area contributed by atoms with Crippen molar-refractivity contribution in [3.8, 4) is 0 Å². The number of carbonyl (C=O) groups is 3. The van der Waals surface area contributed by atoms with E-state index in [1.165, 1.54) is 6.42 Å². The molecule has 1 aliphatic carbocycles. The highest BCUT2D eigenvalue weighted by molar-refractivity contribution is 5.87. The van der Waals surface area contributed by atoms with Crippen molar-refractivity contribution in [2.24, 2.45) is 5.92 Å². The van der Waals surface area contributed by atoms with E-state index in [4.69, 9.17) is 4.74 Å². The summed E-state index contributed by atoms with van der Waals surface area (Å²) in [5, 5.41) is 15.0. The van der Waals surface area contributed by atoms with Crippen LogP contribution in [0, 0.1) is 5.92 Å². The Balaban J connectivity index is 2.59. The van der Waals surface area contributed by atoms with Crippen LogP contribution in [0.4, 0.5) is 0 Å². The fourth-order valence-corrected chi connectivity index (χ4v) is 3.45. The number of hydrogen-bond acceptors (Lipinski definition) is 5. The van der Waals surface area contributed by atoms with Crippen molar-refractivity contribution in [3.05, 3.63) is 0 Å². The van der Waals surface area contributed by atoms with E-state index in [0.717, 1.165) is 32.1 Å². The van der Waals surface area contributed by atoms with Crippen LogP contribution in [-0.4, -0.2) is 47.7 Å². The van der Waals surface area contributed by atoms with Crippen molar-refractivity contribution >= 4 is 17.8 Å². The van der Waals surface area contributed by atoms with Gasteiger partial charge in [0, 0.05) is 0 Å². The first-order valence-electron chi connectivity index (χ1n) is 9.84. The number of aliphatic carboxylic acids is 1. The van der Waals surface area contributed by atoms with Gasteiger partial charge in [0.25, 0.3) is 0 Å². The molecule has 0 spiro atoms. The van der Waals surface area contributed by atoms with Gasteiger partial charge in [-0.15, -0.1) is 0 Å². The maximum absolute atomic E-state index is 12.4. The van der Waals surface area contributed by atoms with E-state index in [-0.39, 0.29) is 12.6 Å². The van der Waals surface area contributed by atoms with Gasteiger partial charge in [-0.25, -0.2) is 4.79 Å². The third kappa shape index (κ3) is 7.72. The zero-order valence-corrected chi connectivity index (χ0v) is 16.3. The molecule has 0 radical (unpaired) electrons. The predicted molar refractivity (Wildman–Crippen MR) is 98.7 cm³/mol. The lowest BCUT2D eigenvalue weighted by atomic mass is 9.85. The quantitative estimate of drug-likeness (QED) is 0.482. The second kappa shape index (κ2) is 11.9. The average Bonchev–Trinajstić information content (AvgIpc) is 2.61. The molecule has 0 bridgehead atoms. The summed E-state index contributed by atoms with van der Waals surface area (Å²) in [7, 11) is 0. The topological polar surface area (TPSA) is 105 Å². The third-order valence-electron chi connectivity index (χ3n) is 4.90. The van der Waals surface area contributed by atoms with E-state index in [0.29, 0.717) is 18.8 Å². The van der Waals surface area contributed by atoms with E-state index in [9.17, 15) is 19.5 Å². The van der Waals surface area contributed by atoms with Gasteiger partial charge in [0.05, 0.1) is 12.6 Å². The van der Waals surface area contributed by atoms with Crippen LogP contribution in [0.5, 0.6) is 0 Å². The van der Waals surface area contributed by atoms with Crippen molar-refractivity contribution in [1.82, 2.24) is 10.6 Å². The molecule has 0 aliphatic heterocycles. The molecule has 0 heterocycles. The van der Waals surface area contributed by atoms with Gasteiger partial charge in [-0.3, -0.25) is 14.9 Å². The van der Waals surface area contributed by atoms with Crippen LogP contribution in [0.1, 0.15) is 72.1 Å². The molecule has 3 N–H and O–H groups in total. The van der Waals surface area contributed by atoms with E-state index >= 15 is 0 Å². The van der Waals surface area contributed by atoms with Crippen LogP contribution in [0.15, 0.2) is 0 Å². The van der Waals surface area contributed by atoms with Gasteiger partial charge in [-0.2, -0.15) is 0 Å². The smallest absolute Gasteiger partial charge is 0.326 e. The summed E-state index contributed by atoms with van der Waals surface area (Å²) in [5.41, 5.74) is 0. The molecule has 0 aromatic rings. The number of carbonyl (C=O) groups excluding carboxylic acids is 2. The summed E-state index contributed by atoms with van der Waals surface area (Å²) >= 11 is 0. The van der Waals surface area contributed by atoms with Gasteiger partial charge in [0.1, 0.15) is 12.1 Å². The number of carboxylic acids is 1. The van der Waals surface area contributed by atoms with Gasteiger partial charge in [0.15, 0.2) is 0 Å². The Morgan fingerprint density at radius 2 is 1.77 bits per heavy atom. The molecule has 7 nitrogen and oxygen atoms in total. The number of esters is 1. The van der Waals surface area contributed by atoms with Crippen molar-refractivity contribution in [1.29, 1.82) is 0 Å². The fourth-order valence-electron chi connectivity index (χ4n) is 3.45. The summed E-state index contributed by atoms with van der Waals surface area (Å²) in [5.74, 6) is -1.45. The highest BCUT2D eigenvalue weighted by Gasteiger charge is 2.29. The fraction of sp³-hybridized carbons (Fsp3) is 0.842. The molecular formula is C19H34N2O5. The number of nitrogens with one attached hydrogen (secondary N) is 2. The Kier molecular flexibility index (Phi) is 10.2. The van der Waals surface area contributed by atoms with Crippen LogP contribution >= 0.6 is 0 Å². The molecule has 7 heteroatoms. The Morgan fingerprint density at radius 1 is 1.12 bits per heavy atom. The van der Waals surface area contributed by atoms with Crippen LogP contribution in [0.25, 0.3) is 0 Å². The Labute approximate surface area is 156 Å². The average molecular weight is 370 g/mol. The Bertz CT molecular complexity index is 463. The summed E-state index contributed by atoms with van der Waals surface area (Å²) in [6.07, 6.45) is 7.29. The van der Waals surface area contributed by atoms with Gasteiger partial charge < -0.3 is 15.2 Å². The lowest BCUT2D eigenvalue weighted by Gasteiger charge is -2.26. The molecule has 1 saturated carbocycles. The Morgan fingerprint density at radius 3 is 2.31 bits per heavy atom. The van der Waals surface area contributed by atoms with Crippen LogP contribution in [0.3, 0.4) is 0 Å². The Hall–Kier alpha value is -1.63. The molecule has 0 aromatic carbocycles. The molecule has 1 amide bonds. The summed E-state index contributed by atoms with van der Waals surface area (Å²) < 4.78 is 5.03. The zero-order chi connectivity index (χ0) is 19.5. The highest BCUT2D eigenvalue weighted by atomic mass is 16.5. The second-order valence-electron chi connectivity index (χ2n) is 7.12. The van der Waals surface area contributed by atoms with Crippen LogP contribution in [-0.2, 0) is 19.1 Å². The first kappa shape index (κ1) is 22.4. The minimum absolute atomic E-state index is 0.282. The number of ether oxygens (including phenoxy) is 1. The second-order valence-corrected chi connectivity index (χ2v) is 7.12. The molecule has 0 aromatic heterocycles. The molecular weight excluding hydrogens is 336 g/mol. The highest BCUT2D eigenvalue weighted by Crippen LogP contribution is 2.27. The molecule has 0 saturated heterocycles. The largest absolute Gasteiger partial charge is 0.480 e. The molecule has 3 atom stereocenters. The van der Waals surface area contributed by atoms with Crippen molar-refractivity contribution in [2.75, 3.05) is 6.61 Å². The lowest BCUT2D eigenvalue weighted by Crippen LogP contribution is -2.53. The molecule has 150 valence electrons. The standard InChI is InChI=1S/C19H34N2O5/c1-4-9-15(19(25)26-5-2)20-13(3)17(22)21-16(18(23)24)12-14-10-7-6-8-11-14/h13-16,20H,4-12H2,1-3H3,(H,21,22)(H,23,24)/t13-,15-,16-/m0/s1. The number of rotatable bonds is 11. The minimum Gasteiger partial charge on any atom is -0.480 e. The van der Waals surface area contributed by atoms with Gasteiger partial charge in [-0.1, -0.05) is 45.4 Å². The minimum atomic E-state index is -1.01. The van der Waals surface area contributed by atoms with E-state index < -0.39 is 30.0 Å². The number of hydrogen-bond donors (Lipinski definition) is 3. The monoisotopic (exact) mass is 370 g/mol. The number of carboxylic acid groups (broad SMARTS) is 1. The molecule has 1 fully saturated rings. The van der Waals surface area contributed by atoms with E-state index in [2.05, 4.69) is 10.6 Å². The summed E-state index contributed by atoms with van der Waals surface area (Å²) in [4.78, 5) is 35.9. The van der Waals surface area contributed by atoms with Gasteiger partial charge >= 0.3 is 11.9 Å². The van der Waals surface area contributed by atoms with Crippen LogP contribution in [0.2, 0.25) is 0 Å². The SMILES string of the molecule is CCC[C@H](N[C@@H](C)C(=O)N[C@@H](CC1CCCCC1)C(=O)O)C(=O)OCC. The van der Waals surface area contributed by atoms with Gasteiger partial charge in [0.2, 0.25) is 5.91 Å². The van der Waals surface area contributed by atoms with E-state index in [1.54, 1.807) is 13.8 Å². The maximum Gasteiger partial charge on any atom is 0.326 e. The van der Waals surface area contributed by atoms with Gasteiger partial charge in [-0.05, 0) is 32.6 Å². The normalized spacial score (nSPS) is 18.6. The van der Waals surface area contributed by atoms with Crippen molar-refractivity contribution in [2.45, 2.75) is 90.3 Å². The maximum atomic E-state index is 12.4. The lowest BCUT2D eigenvalue weighted by molar-refractivity contribution is -0.147. The number of amides is 1. The van der Waals surface area contributed by atoms with E-state index in [1.807, 2.05) is 6.92 Å². The summed E-state index contributed by atoms with van der Waals surface area (Å²) in [6, 6.07) is -2.13. The first-order chi connectivity index (χ1) is 12.4. The molecule has 1 rings (SSSR count). The summed E-state index contributed by atoms with van der Waals surface area (Å²) in [6.45, 7) is 5.60.